The number of nitrogens with zero attached hydrogens (tertiary/aromatic N) is 3. The van der Waals surface area contributed by atoms with E-state index in [0.29, 0.717) is 13.3 Å². The number of nitro groups is 1. The molecule has 0 amide bonds. The van der Waals surface area contributed by atoms with Gasteiger partial charge in [0.05, 0.1) is 4.92 Å². The minimum absolute atomic E-state index is 0.204. The highest BCUT2D eigenvalue weighted by Gasteiger charge is 2.21. The Morgan fingerprint density at radius 3 is 2.12 bits per heavy atom. The largest absolute Gasteiger partial charge is 0.473 e. The molecule has 0 aliphatic carbocycles. The Bertz CT molecular complexity index is 977. The zero-order valence-electron chi connectivity index (χ0n) is 17.2. The molecule has 11 nitrogen and oxygen atoms in total. The van der Waals surface area contributed by atoms with Crippen LogP contribution in [0.3, 0.4) is 0 Å². The number of piperazine rings is 1. The van der Waals surface area contributed by atoms with Gasteiger partial charge in [-0.15, -0.1) is 0 Å². The van der Waals surface area contributed by atoms with Crippen molar-refractivity contribution in [3.05, 3.63) is 63.7 Å². The summed E-state index contributed by atoms with van der Waals surface area (Å²) in [5.74, 6) is -2.02. The van der Waals surface area contributed by atoms with Crippen molar-refractivity contribution in [1.82, 2.24) is 9.80 Å². The maximum absolute atomic E-state index is 11.2. The third-order valence-corrected chi connectivity index (χ3v) is 5.07. The first-order valence-electron chi connectivity index (χ1n) is 9.85. The molecule has 4 rings (SSSR count). The van der Waals surface area contributed by atoms with Crippen molar-refractivity contribution in [3.63, 3.8) is 0 Å². The lowest BCUT2D eigenvalue weighted by Crippen LogP contribution is -2.45. The zero-order valence-corrected chi connectivity index (χ0v) is 17.2. The SMILES string of the molecule is O=C(O)C(=O)O.O=[N+]([O-])c1ccccc1CN1CCN(Cc2ccc3c(c2)OCO3)CC1. The first-order valence-corrected chi connectivity index (χ1v) is 9.85. The maximum Gasteiger partial charge on any atom is 0.414 e. The Hall–Kier alpha value is -3.70. The summed E-state index contributed by atoms with van der Waals surface area (Å²) in [4.78, 5) is 33.7. The Balaban J connectivity index is 0.000000427. The van der Waals surface area contributed by atoms with Gasteiger partial charge in [-0.25, -0.2) is 9.59 Å². The van der Waals surface area contributed by atoms with E-state index >= 15 is 0 Å². The number of hydrogen-bond donors (Lipinski definition) is 2. The van der Waals surface area contributed by atoms with Gasteiger partial charge in [0.25, 0.3) is 5.69 Å². The molecule has 2 aromatic carbocycles. The van der Waals surface area contributed by atoms with Gasteiger partial charge in [0.1, 0.15) is 0 Å². The van der Waals surface area contributed by atoms with Crippen LogP contribution in [-0.4, -0.2) is 69.8 Å². The lowest BCUT2D eigenvalue weighted by Gasteiger charge is -2.34. The second-order valence-electron chi connectivity index (χ2n) is 7.24. The molecule has 170 valence electrons. The number of aliphatic carboxylic acids is 2. The molecule has 2 heterocycles. The second kappa shape index (κ2) is 10.6. The summed E-state index contributed by atoms with van der Waals surface area (Å²) in [6.45, 7) is 5.46. The van der Waals surface area contributed by atoms with E-state index in [1.165, 1.54) is 5.56 Å². The Morgan fingerprint density at radius 1 is 0.906 bits per heavy atom. The number of nitro benzene ring substituents is 1. The molecular weight excluding hydrogens is 422 g/mol. The van der Waals surface area contributed by atoms with Crippen molar-refractivity contribution >= 4 is 17.6 Å². The first-order chi connectivity index (χ1) is 15.3. The lowest BCUT2D eigenvalue weighted by atomic mass is 10.1. The molecule has 0 unspecified atom stereocenters. The van der Waals surface area contributed by atoms with Crippen LogP contribution in [-0.2, 0) is 22.7 Å². The topological polar surface area (TPSA) is 143 Å². The fraction of sp³-hybridized carbons (Fsp3) is 0.333. The third kappa shape index (κ3) is 6.15. The van der Waals surface area contributed by atoms with Crippen LogP contribution in [0.4, 0.5) is 5.69 Å². The number of ether oxygens (including phenoxy) is 2. The van der Waals surface area contributed by atoms with E-state index in [0.717, 1.165) is 49.8 Å². The van der Waals surface area contributed by atoms with Gasteiger partial charge in [-0.1, -0.05) is 24.3 Å². The van der Waals surface area contributed by atoms with Gasteiger partial charge in [0.15, 0.2) is 11.5 Å². The summed E-state index contributed by atoms with van der Waals surface area (Å²) in [6, 6.07) is 13.1. The van der Waals surface area contributed by atoms with E-state index < -0.39 is 11.9 Å². The number of para-hydroxylation sites is 1. The fourth-order valence-corrected chi connectivity index (χ4v) is 3.47. The van der Waals surface area contributed by atoms with Gasteiger partial charge >= 0.3 is 11.9 Å². The van der Waals surface area contributed by atoms with Crippen LogP contribution in [0.1, 0.15) is 11.1 Å². The van der Waals surface area contributed by atoms with Gasteiger partial charge < -0.3 is 19.7 Å². The van der Waals surface area contributed by atoms with E-state index in [9.17, 15) is 10.1 Å². The van der Waals surface area contributed by atoms with Gasteiger partial charge in [-0.3, -0.25) is 19.9 Å². The van der Waals surface area contributed by atoms with Gasteiger partial charge in [0, 0.05) is 50.9 Å². The normalized spacial score (nSPS) is 15.5. The Morgan fingerprint density at radius 2 is 1.50 bits per heavy atom. The van der Waals surface area contributed by atoms with E-state index in [4.69, 9.17) is 29.3 Å². The summed E-state index contributed by atoms with van der Waals surface area (Å²) in [6.07, 6.45) is 0. The molecule has 32 heavy (non-hydrogen) atoms. The highest BCUT2D eigenvalue weighted by atomic mass is 16.7. The molecule has 2 aromatic rings. The molecule has 0 radical (unpaired) electrons. The zero-order chi connectivity index (χ0) is 23.1. The van der Waals surface area contributed by atoms with Gasteiger partial charge in [-0.2, -0.15) is 0 Å². The summed E-state index contributed by atoms with van der Waals surface area (Å²) >= 11 is 0. The van der Waals surface area contributed by atoms with Crippen LogP contribution in [0, 0.1) is 10.1 Å². The monoisotopic (exact) mass is 445 g/mol. The highest BCUT2D eigenvalue weighted by molar-refractivity contribution is 6.27. The number of hydrogen-bond acceptors (Lipinski definition) is 8. The van der Waals surface area contributed by atoms with Crippen LogP contribution in [0.15, 0.2) is 42.5 Å². The number of carboxylic acid groups (broad SMARTS) is 2. The van der Waals surface area contributed by atoms with Crippen LogP contribution in [0.25, 0.3) is 0 Å². The molecule has 2 aliphatic heterocycles. The molecule has 1 saturated heterocycles. The average Bonchev–Trinajstić information content (AvgIpc) is 3.24. The predicted octanol–water partition coefficient (Wildman–Crippen LogP) is 1.80. The van der Waals surface area contributed by atoms with Crippen LogP contribution in [0.2, 0.25) is 0 Å². The number of benzene rings is 2. The molecule has 2 aliphatic rings. The van der Waals surface area contributed by atoms with E-state index in [1.54, 1.807) is 12.1 Å². The van der Waals surface area contributed by atoms with Crippen molar-refractivity contribution in [2.75, 3.05) is 33.0 Å². The fourth-order valence-electron chi connectivity index (χ4n) is 3.47. The minimum Gasteiger partial charge on any atom is -0.473 e. The number of carbonyl (C=O) groups is 2. The van der Waals surface area contributed by atoms with Crippen molar-refractivity contribution in [2.24, 2.45) is 0 Å². The maximum atomic E-state index is 11.2. The summed E-state index contributed by atoms with van der Waals surface area (Å²) in [7, 11) is 0. The van der Waals surface area contributed by atoms with Crippen molar-refractivity contribution in [3.8, 4) is 11.5 Å². The average molecular weight is 445 g/mol. The van der Waals surface area contributed by atoms with Crippen molar-refractivity contribution < 1.29 is 34.2 Å². The minimum atomic E-state index is -1.82. The van der Waals surface area contributed by atoms with Gasteiger partial charge in [-0.05, 0) is 17.7 Å². The third-order valence-electron chi connectivity index (χ3n) is 5.07. The molecule has 11 heteroatoms. The van der Waals surface area contributed by atoms with E-state index in [2.05, 4.69) is 15.9 Å². The van der Waals surface area contributed by atoms with Crippen molar-refractivity contribution in [1.29, 1.82) is 0 Å². The Kier molecular flexibility index (Phi) is 7.58. The quantitative estimate of drug-likeness (QED) is 0.397. The second-order valence-corrected chi connectivity index (χ2v) is 7.24. The standard InChI is InChI=1S/C19H21N3O4.C2H2O4/c23-22(24)17-4-2-1-3-16(17)13-21-9-7-20(8-10-21)12-15-5-6-18-19(11-15)26-14-25-18;3-1(4)2(5)6/h1-6,11H,7-10,12-14H2;(H,3,4)(H,5,6). The molecule has 0 spiro atoms. The highest BCUT2D eigenvalue weighted by Crippen LogP contribution is 2.33. The Labute approximate surface area is 183 Å². The summed E-state index contributed by atoms with van der Waals surface area (Å²) in [5.41, 5.74) is 2.19. The van der Waals surface area contributed by atoms with Crippen molar-refractivity contribution in [2.45, 2.75) is 13.1 Å². The van der Waals surface area contributed by atoms with E-state index in [-0.39, 0.29) is 10.6 Å². The molecule has 0 saturated carbocycles. The molecular formula is C21H23N3O8. The summed E-state index contributed by atoms with van der Waals surface area (Å²) < 4.78 is 10.8. The molecule has 0 bridgehead atoms. The number of fused-ring (bicyclic) bond motifs is 1. The molecule has 1 fully saturated rings. The number of carboxylic acids is 2. The first kappa shape index (κ1) is 23.0. The molecule has 2 N–H and O–H groups in total. The smallest absolute Gasteiger partial charge is 0.414 e. The lowest BCUT2D eigenvalue weighted by molar-refractivity contribution is -0.385. The van der Waals surface area contributed by atoms with Crippen LogP contribution >= 0.6 is 0 Å². The predicted molar refractivity (Wildman–Crippen MR) is 111 cm³/mol. The van der Waals surface area contributed by atoms with Crippen LogP contribution in [0.5, 0.6) is 11.5 Å². The van der Waals surface area contributed by atoms with E-state index in [1.807, 2.05) is 24.3 Å². The molecule has 0 aromatic heterocycles. The number of rotatable bonds is 5. The summed E-state index contributed by atoms with van der Waals surface area (Å²) in [5, 5.41) is 25.9. The van der Waals surface area contributed by atoms with Crippen LogP contribution < -0.4 is 9.47 Å². The molecule has 0 atom stereocenters. The van der Waals surface area contributed by atoms with Gasteiger partial charge in [0.2, 0.25) is 6.79 Å².